The van der Waals surface area contributed by atoms with Crippen LogP contribution in [0.25, 0.3) is 0 Å². The summed E-state index contributed by atoms with van der Waals surface area (Å²) in [6.45, 7) is 1.62. The molecule has 1 aliphatic heterocycles. The molecule has 0 amide bonds. The molecule has 2 rings (SSSR count). The monoisotopic (exact) mass is 302 g/mol. The van der Waals surface area contributed by atoms with E-state index in [1.165, 1.54) is 5.41 Å². The van der Waals surface area contributed by atoms with Gasteiger partial charge < -0.3 is 15.3 Å². The molecule has 9 heteroatoms. The predicted octanol–water partition coefficient (Wildman–Crippen LogP) is 0.444. The topological polar surface area (TPSA) is 120 Å². The van der Waals surface area contributed by atoms with E-state index in [1.807, 2.05) is 0 Å². The molecule has 1 aliphatic rings. The number of hydrogen-bond acceptors (Lipinski definition) is 7. The third-order valence-corrected chi connectivity index (χ3v) is 4.55. The summed E-state index contributed by atoms with van der Waals surface area (Å²) in [5.41, 5.74) is -1.64. The number of aromatic nitrogens is 1. The Morgan fingerprint density at radius 3 is 2.74 bits per heavy atom. The number of aryl methyl sites for hydroxylation is 1. The molecule has 0 aliphatic carbocycles. The third-order valence-electron chi connectivity index (χ3n) is 2.52. The minimum atomic E-state index is -1.89. The summed E-state index contributed by atoms with van der Waals surface area (Å²) in [6, 6.07) is 0. The van der Waals surface area contributed by atoms with E-state index in [1.54, 1.807) is 6.92 Å². The first-order chi connectivity index (χ1) is 8.84. The molecule has 1 unspecified atom stereocenters. The molecule has 1 aromatic rings. The molecule has 0 saturated heterocycles. The minimum Gasteiger partial charge on any atom is -0.481 e. The van der Waals surface area contributed by atoms with Gasteiger partial charge in [0.25, 0.3) is 0 Å². The minimum absolute atomic E-state index is 0.125. The molecule has 0 fully saturated rings. The van der Waals surface area contributed by atoms with Crippen molar-refractivity contribution in [1.82, 2.24) is 9.71 Å². The highest BCUT2D eigenvalue weighted by Gasteiger charge is 2.44. The first-order valence-electron chi connectivity index (χ1n) is 5.12. The van der Waals surface area contributed by atoms with Crippen LogP contribution in [0.4, 0.5) is 0 Å². The lowest BCUT2D eigenvalue weighted by atomic mass is 10.1. The first kappa shape index (κ1) is 14.0. The number of thiazole rings is 1. The Morgan fingerprint density at radius 2 is 2.16 bits per heavy atom. The van der Waals surface area contributed by atoms with Crippen LogP contribution in [0.2, 0.25) is 0 Å². The molecule has 0 bridgehead atoms. The van der Waals surface area contributed by atoms with Crippen LogP contribution in [0.5, 0.6) is 0 Å². The molecule has 1 aromatic heterocycles. The SMILES string of the molecule is Cc1nc(C2(O)NSC=C2C(=O)O)sc1CC(=O)O. The number of carbonyl (C=O) groups is 2. The van der Waals surface area contributed by atoms with E-state index in [4.69, 9.17) is 10.2 Å². The van der Waals surface area contributed by atoms with E-state index in [0.29, 0.717) is 10.6 Å². The number of carboxylic acid groups (broad SMARTS) is 2. The maximum atomic E-state index is 11.1. The fourth-order valence-corrected chi connectivity index (χ4v) is 3.57. The molecule has 2 heterocycles. The molecule has 0 aromatic carbocycles. The van der Waals surface area contributed by atoms with Crippen LogP contribution in [-0.2, 0) is 21.7 Å². The van der Waals surface area contributed by atoms with E-state index in [-0.39, 0.29) is 17.0 Å². The fourth-order valence-electron chi connectivity index (χ4n) is 1.56. The third kappa shape index (κ3) is 2.50. The molecule has 1 atom stereocenters. The zero-order chi connectivity index (χ0) is 14.2. The van der Waals surface area contributed by atoms with Crippen molar-refractivity contribution < 1.29 is 24.9 Å². The van der Waals surface area contributed by atoms with Gasteiger partial charge in [0.1, 0.15) is 5.01 Å². The van der Waals surface area contributed by atoms with Crippen LogP contribution < -0.4 is 4.72 Å². The molecule has 19 heavy (non-hydrogen) atoms. The number of carboxylic acids is 2. The van der Waals surface area contributed by atoms with Gasteiger partial charge in [-0.2, -0.15) is 0 Å². The van der Waals surface area contributed by atoms with Crippen molar-refractivity contribution in [3.05, 3.63) is 26.6 Å². The van der Waals surface area contributed by atoms with Crippen molar-refractivity contribution in [2.75, 3.05) is 0 Å². The predicted molar refractivity (Wildman–Crippen MR) is 68.5 cm³/mol. The number of nitrogens with zero attached hydrogens (tertiary/aromatic N) is 1. The molecule has 7 nitrogen and oxygen atoms in total. The molecular weight excluding hydrogens is 292 g/mol. The maximum absolute atomic E-state index is 11.1. The van der Waals surface area contributed by atoms with E-state index in [2.05, 4.69) is 9.71 Å². The van der Waals surface area contributed by atoms with Crippen LogP contribution in [0.1, 0.15) is 15.6 Å². The lowest BCUT2D eigenvalue weighted by Gasteiger charge is -2.20. The Hall–Kier alpha value is -1.42. The average Bonchev–Trinajstić information content (AvgIpc) is 2.84. The molecule has 0 spiro atoms. The summed E-state index contributed by atoms with van der Waals surface area (Å²) in [5.74, 6) is -2.26. The van der Waals surface area contributed by atoms with Gasteiger partial charge in [-0.15, -0.1) is 11.3 Å². The lowest BCUT2D eigenvalue weighted by molar-refractivity contribution is -0.136. The van der Waals surface area contributed by atoms with Gasteiger partial charge in [0, 0.05) is 10.3 Å². The number of aliphatic carboxylic acids is 2. The molecule has 0 saturated carbocycles. The van der Waals surface area contributed by atoms with Gasteiger partial charge in [0.2, 0.25) is 5.72 Å². The van der Waals surface area contributed by atoms with Gasteiger partial charge in [-0.3, -0.25) is 4.79 Å². The van der Waals surface area contributed by atoms with Crippen LogP contribution >= 0.6 is 23.3 Å². The highest BCUT2D eigenvalue weighted by Crippen LogP contribution is 2.38. The average molecular weight is 302 g/mol. The number of rotatable bonds is 4. The fraction of sp³-hybridized carbons (Fsp3) is 0.300. The van der Waals surface area contributed by atoms with Crippen LogP contribution in [0.15, 0.2) is 11.0 Å². The van der Waals surface area contributed by atoms with Crippen molar-refractivity contribution >= 4 is 35.2 Å². The smallest absolute Gasteiger partial charge is 0.337 e. The van der Waals surface area contributed by atoms with Crippen LogP contribution in [0.3, 0.4) is 0 Å². The van der Waals surface area contributed by atoms with E-state index in [0.717, 1.165) is 23.3 Å². The molecule has 0 radical (unpaired) electrons. The van der Waals surface area contributed by atoms with Crippen molar-refractivity contribution in [2.45, 2.75) is 19.1 Å². The quantitative estimate of drug-likeness (QED) is 0.592. The first-order valence-corrected chi connectivity index (χ1v) is 6.82. The van der Waals surface area contributed by atoms with E-state index >= 15 is 0 Å². The zero-order valence-electron chi connectivity index (χ0n) is 9.71. The van der Waals surface area contributed by atoms with Gasteiger partial charge in [-0.1, -0.05) is 0 Å². The highest BCUT2D eigenvalue weighted by atomic mass is 32.2. The second kappa shape index (κ2) is 4.93. The zero-order valence-corrected chi connectivity index (χ0v) is 11.3. The van der Waals surface area contributed by atoms with Crippen molar-refractivity contribution in [3.63, 3.8) is 0 Å². The van der Waals surface area contributed by atoms with E-state index < -0.39 is 17.7 Å². The second-order valence-corrected chi connectivity index (χ2v) is 5.62. The Morgan fingerprint density at radius 1 is 1.47 bits per heavy atom. The lowest BCUT2D eigenvalue weighted by Crippen LogP contribution is -2.39. The van der Waals surface area contributed by atoms with Crippen molar-refractivity contribution in [1.29, 1.82) is 0 Å². The molecule has 102 valence electrons. The van der Waals surface area contributed by atoms with Crippen molar-refractivity contribution in [2.24, 2.45) is 0 Å². The largest absolute Gasteiger partial charge is 0.481 e. The number of aliphatic hydroxyl groups is 1. The summed E-state index contributed by atoms with van der Waals surface area (Å²) in [6.07, 6.45) is -0.209. The highest BCUT2D eigenvalue weighted by molar-refractivity contribution is 8.00. The Labute approximate surface area is 116 Å². The normalized spacial score (nSPS) is 22.3. The van der Waals surface area contributed by atoms with Gasteiger partial charge in [-0.25, -0.2) is 14.5 Å². The summed E-state index contributed by atoms with van der Waals surface area (Å²) in [7, 11) is 0. The van der Waals surface area contributed by atoms with Crippen LogP contribution in [0, 0.1) is 6.92 Å². The van der Waals surface area contributed by atoms with Crippen LogP contribution in [-0.4, -0.2) is 32.2 Å². The summed E-state index contributed by atoms with van der Waals surface area (Å²) in [5, 5.41) is 29.6. The van der Waals surface area contributed by atoms with Gasteiger partial charge >= 0.3 is 11.9 Å². The van der Waals surface area contributed by atoms with Gasteiger partial charge in [-0.05, 0) is 18.9 Å². The molecule has 4 N–H and O–H groups in total. The standard InChI is InChI=1S/C10H10N2O5S2/c1-4-6(2-7(13)14)19-9(11-4)10(17)5(8(15)16)3-18-12-10/h3,12,17H,2H2,1H3,(H,13,14)(H,15,16). The maximum Gasteiger partial charge on any atom is 0.337 e. The second-order valence-electron chi connectivity index (χ2n) is 3.87. The Kier molecular flexibility index (Phi) is 3.63. The van der Waals surface area contributed by atoms with E-state index in [9.17, 15) is 14.7 Å². The Bertz CT molecular complexity index is 582. The summed E-state index contributed by atoms with van der Waals surface area (Å²) in [4.78, 5) is 26.3. The van der Waals surface area contributed by atoms with Crippen molar-refractivity contribution in [3.8, 4) is 0 Å². The summed E-state index contributed by atoms with van der Waals surface area (Å²) < 4.78 is 2.57. The number of hydrogen-bond donors (Lipinski definition) is 4. The summed E-state index contributed by atoms with van der Waals surface area (Å²) >= 11 is 1.93. The van der Waals surface area contributed by atoms with Gasteiger partial charge in [0.15, 0.2) is 0 Å². The molecular formula is C10H10N2O5S2. The Balaban J connectivity index is 2.39. The number of nitrogens with one attached hydrogen (secondary N) is 1. The van der Waals surface area contributed by atoms with Gasteiger partial charge in [0.05, 0.1) is 17.7 Å².